The number of sulfonamides is 1. The Labute approximate surface area is 172 Å². The zero-order valence-corrected chi connectivity index (χ0v) is 17.0. The lowest BCUT2D eigenvalue weighted by atomic mass is 10.3. The van der Waals surface area contributed by atoms with E-state index < -0.39 is 28.5 Å². The number of aromatic nitrogens is 3. The minimum absolute atomic E-state index is 0.147. The molecule has 156 valence electrons. The molecule has 10 nitrogen and oxygen atoms in total. The standard InChI is InChI=1S/C19H19N5O5S/c1-12-8-13(2)24(23-12)17-7-6-14(10-21-17)19(26)29-11-18(25)22-15-4-3-5-16(9-15)30(20,27)28/h3-10H,11H2,1-2H3,(H,22,25)(H2,20,27,28). The molecular formula is C19H19N5O5S. The number of nitrogens with zero attached hydrogens (tertiary/aromatic N) is 3. The first-order valence-corrected chi connectivity index (χ1v) is 10.3. The maximum Gasteiger partial charge on any atom is 0.340 e. The van der Waals surface area contributed by atoms with Crippen molar-refractivity contribution < 1.29 is 22.7 Å². The van der Waals surface area contributed by atoms with Crippen LogP contribution >= 0.6 is 0 Å². The summed E-state index contributed by atoms with van der Waals surface area (Å²) in [6.07, 6.45) is 1.33. The number of amides is 1. The first kappa shape index (κ1) is 21.1. The number of nitrogens with one attached hydrogen (secondary N) is 1. The molecule has 2 aromatic heterocycles. The summed E-state index contributed by atoms with van der Waals surface area (Å²) in [5.41, 5.74) is 2.12. The Balaban J connectivity index is 1.59. The maximum atomic E-state index is 12.1. The SMILES string of the molecule is Cc1cc(C)n(-c2ccc(C(=O)OCC(=O)Nc3cccc(S(N)(=O)=O)c3)cn2)n1. The molecule has 1 aromatic carbocycles. The van der Waals surface area contributed by atoms with Crippen molar-refractivity contribution in [2.75, 3.05) is 11.9 Å². The first-order valence-electron chi connectivity index (χ1n) is 8.73. The number of hydrogen-bond acceptors (Lipinski definition) is 7. The molecule has 0 aliphatic carbocycles. The second kappa shape index (κ2) is 8.43. The fourth-order valence-corrected chi connectivity index (χ4v) is 3.21. The van der Waals surface area contributed by atoms with Gasteiger partial charge in [-0.1, -0.05) is 6.07 Å². The van der Waals surface area contributed by atoms with Crippen LogP contribution in [-0.2, 0) is 19.6 Å². The summed E-state index contributed by atoms with van der Waals surface area (Å²) in [5, 5.41) is 11.8. The number of carbonyl (C=O) groups is 2. The molecule has 3 N–H and O–H groups in total. The molecule has 1 amide bonds. The van der Waals surface area contributed by atoms with Gasteiger partial charge in [0, 0.05) is 17.6 Å². The Hall–Kier alpha value is -3.57. The summed E-state index contributed by atoms with van der Waals surface area (Å²) in [5.74, 6) is -0.817. The van der Waals surface area contributed by atoms with Gasteiger partial charge in [-0.25, -0.2) is 28.0 Å². The molecule has 11 heteroatoms. The summed E-state index contributed by atoms with van der Waals surface area (Å²) in [6, 6.07) is 10.5. The zero-order chi connectivity index (χ0) is 21.9. The van der Waals surface area contributed by atoms with Gasteiger partial charge >= 0.3 is 5.97 Å². The van der Waals surface area contributed by atoms with E-state index in [-0.39, 0.29) is 16.1 Å². The van der Waals surface area contributed by atoms with E-state index in [0.29, 0.717) is 5.82 Å². The van der Waals surface area contributed by atoms with E-state index in [1.165, 1.54) is 36.5 Å². The van der Waals surface area contributed by atoms with Gasteiger partial charge in [0.1, 0.15) is 0 Å². The van der Waals surface area contributed by atoms with Gasteiger partial charge in [0.25, 0.3) is 5.91 Å². The third-order valence-electron chi connectivity index (χ3n) is 3.99. The molecule has 0 unspecified atom stereocenters. The minimum atomic E-state index is -3.90. The van der Waals surface area contributed by atoms with Crippen LogP contribution in [0.4, 0.5) is 5.69 Å². The highest BCUT2D eigenvalue weighted by Gasteiger charge is 2.13. The van der Waals surface area contributed by atoms with Gasteiger partial charge < -0.3 is 10.1 Å². The highest BCUT2D eigenvalue weighted by atomic mass is 32.2. The predicted octanol–water partition coefficient (Wildman–Crippen LogP) is 1.33. The predicted molar refractivity (Wildman–Crippen MR) is 108 cm³/mol. The van der Waals surface area contributed by atoms with E-state index in [1.54, 1.807) is 10.7 Å². The monoisotopic (exact) mass is 429 g/mol. The highest BCUT2D eigenvalue weighted by molar-refractivity contribution is 7.89. The molecule has 0 aliphatic heterocycles. The van der Waals surface area contributed by atoms with E-state index in [9.17, 15) is 18.0 Å². The fourth-order valence-electron chi connectivity index (χ4n) is 2.66. The summed E-state index contributed by atoms with van der Waals surface area (Å²) < 4.78 is 29.3. The van der Waals surface area contributed by atoms with Crippen molar-refractivity contribution in [3.05, 3.63) is 65.6 Å². The molecule has 0 bridgehead atoms. The number of hydrogen-bond donors (Lipinski definition) is 2. The van der Waals surface area contributed by atoms with E-state index in [2.05, 4.69) is 15.4 Å². The van der Waals surface area contributed by atoms with Gasteiger partial charge in [0.2, 0.25) is 10.0 Å². The molecule has 0 saturated heterocycles. The lowest BCUT2D eigenvalue weighted by Gasteiger charge is -2.08. The maximum absolute atomic E-state index is 12.1. The molecule has 3 rings (SSSR count). The molecule has 0 fully saturated rings. The Morgan fingerprint density at radius 2 is 1.93 bits per heavy atom. The van der Waals surface area contributed by atoms with E-state index in [1.807, 2.05) is 19.9 Å². The van der Waals surface area contributed by atoms with Crippen LogP contribution in [0.25, 0.3) is 5.82 Å². The van der Waals surface area contributed by atoms with E-state index in [4.69, 9.17) is 9.88 Å². The minimum Gasteiger partial charge on any atom is -0.452 e. The average molecular weight is 429 g/mol. The quantitative estimate of drug-likeness (QED) is 0.562. The lowest BCUT2D eigenvalue weighted by Crippen LogP contribution is -2.21. The number of benzene rings is 1. The molecule has 0 radical (unpaired) electrons. The second-order valence-corrected chi connectivity index (χ2v) is 8.00. The molecule has 0 aliphatic rings. The summed E-state index contributed by atoms with van der Waals surface area (Å²) in [6.45, 7) is 3.20. The van der Waals surface area contributed by atoms with Crippen molar-refractivity contribution >= 4 is 27.6 Å². The normalized spacial score (nSPS) is 11.2. The molecule has 30 heavy (non-hydrogen) atoms. The first-order chi connectivity index (χ1) is 14.1. The Morgan fingerprint density at radius 1 is 1.17 bits per heavy atom. The van der Waals surface area contributed by atoms with Crippen LogP contribution in [0, 0.1) is 13.8 Å². The van der Waals surface area contributed by atoms with Crippen LogP contribution in [0.1, 0.15) is 21.7 Å². The molecular weight excluding hydrogens is 410 g/mol. The Morgan fingerprint density at radius 3 is 2.53 bits per heavy atom. The van der Waals surface area contributed by atoms with Crippen molar-refractivity contribution in [2.45, 2.75) is 18.7 Å². The number of esters is 1. The molecule has 0 atom stereocenters. The molecule has 0 spiro atoms. The number of anilines is 1. The largest absolute Gasteiger partial charge is 0.452 e. The molecule has 3 aromatic rings. The third kappa shape index (κ3) is 5.07. The van der Waals surface area contributed by atoms with Crippen LogP contribution in [0.15, 0.2) is 53.6 Å². The number of primary sulfonamides is 1. The van der Waals surface area contributed by atoms with Crippen LogP contribution in [0.5, 0.6) is 0 Å². The number of pyridine rings is 1. The lowest BCUT2D eigenvalue weighted by molar-refractivity contribution is -0.119. The van der Waals surface area contributed by atoms with Gasteiger partial charge in [0.15, 0.2) is 12.4 Å². The summed E-state index contributed by atoms with van der Waals surface area (Å²) in [7, 11) is -3.90. The number of aryl methyl sites for hydroxylation is 2. The zero-order valence-electron chi connectivity index (χ0n) is 16.2. The topological polar surface area (TPSA) is 146 Å². The number of nitrogens with two attached hydrogens (primary N) is 1. The van der Waals surface area contributed by atoms with Crippen LogP contribution in [0.3, 0.4) is 0 Å². The smallest absolute Gasteiger partial charge is 0.340 e. The van der Waals surface area contributed by atoms with Crippen molar-refractivity contribution in [2.24, 2.45) is 5.14 Å². The molecule has 2 heterocycles. The number of ether oxygens (including phenoxy) is 1. The van der Waals surface area contributed by atoms with Crippen molar-refractivity contribution in [3.63, 3.8) is 0 Å². The van der Waals surface area contributed by atoms with Crippen LogP contribution < -0.4 is 10.5 Å². The fraction of sp³-hybridized carbons (Fsp3) is 0.158. The van der Waals surface area contributed by atoms with Gasteiger partial charge in [0.05, 0.1) is 16.2 Å². The number of rotatable bonds is 6. The van der Waals surface area contributed by atoms with Crippen LogP contribution in [-0.4, -0.2) is 41.7 Å². The van der Waals surface area contributed by atoms with Gasteiger partial charge in [-0.2, -0.15) is 5.10 Å². The summed E-state index contributed by atoms with van der Waals surface area (Å²) in [4.78, 5) is 28.2. The van der Waals surface area contributed by atoms with E-state index >= 15 is 0 Å². The highest BCUT2D eigenvalue weighted by Crippen LogP contribution is 2.14. The van der Waals surface area contributed by atoms with E-state index in [0.717, 1.165) is 11.4 Å². The molecule has 0 saturated carbocycles. The van der Waals surface area contributed by atoms with Gasteiger partial charge in [-0.15, -0.1) is 0 Å². The van der Waals surface area contributed by atoms with Crippen molar-refractivity contribution in [3.8, 4) is 5.82 Å². The van der Waals surface area contributed by atoms with Crippen LogP contribution in [0.2, 0.25) is 0 Å². The Kier molecular flexibility index (Phi) is 5.94. The Bertz CT molecular complexity index is 1200. The van der Waals surface area contributed by atoms with Crippen molar-refractivity contribution in [1.29, 1.82) is 0 Å². The van der Waals surface area contributed by atoms with Gasteiger partial charge in [-0.05, 0) is 50.2 Å². The number of carbonyl (C=O) groups excluding carboxylic acids is 2. The summed E-state index contributed by atoms with van der Waals surface area (Å²) >= 11 is 0. The second-order valence-electron chi connectivity index (χ2n) is 6.44. The van der Waals surface area contributed by atoms with Gasteiger partial charge in [-0.3, -0.25) is 4.79 Å². The third-order valence-corrected chi connectivity index (χ3v) is 4.90. The van der Waals surface area contributed by atoms with Crippen molar-refractivity contribution in [1.82, 2.24) is 14.8 Å². The average Bonchev–Trinajstić information content (AvgIpc) is 3.04.